The van der Waals surface area contributed by atoms with Gasteiger partial charge in [0.05, 0.1) is 5.75 Å². The van der Waals surface area contributed by atoms with Crippen molar-refractivity contribution in [1.82, 2.24) is 10.2 Å². The predicted molar refractivity (Wildman–Crippen MR) is 82.5 cm³/mol. The van der Waals surface area contributed by atoms with E-state index >= 15 is 0 Å². The Morgan fingerprint density at radius 1 is 1.25 bits per heavy atom. The van der Waals surface area contributed by atoms with Gasteiger partial charge in [-0.25, -0.2) is 0 Å². The summed E-state index contributed by atoms with van der Waals surface area (Å²) in [6.45, 7) is 0. The lowest BCUT2D eigenvalue weighted by Gasteiger charge is -2.16. The minimum atomic E-state index is 0.136. The van der Waals surface area contributed by atoms with Crippen LogP contribution in [0, 0.1) is 0 Å². The van der Waals surface area contributed by atoms with Gasteiger partial charge in [0.25, 0.3) is 0 Å². The van der Waals surface area contributed by atoms with Gasteiger partial charge >= 0.3 is 0 Å². The zero-order chi connectivity index (χ0) is 13.9. The first kappa shape index (κ1) is 13.6. The second-order valence-corrected chi connectivity index (χ2v) is 7.04. The van der Waals surface area contributed by atoms with Gasteiger partial charge in [0.2, 0.25) is 5.13 Å². The fraction of sp³-hybridized carbons (Fsp3) is 0.357. The molecule has 2 aromatic rings. The van der Waals surface area contributed by atoms with Crippen molar-refractivity contribution in [2.24, 2.45) is 0 Å². The van der Waals surface area contributed by atoms with Crippen LogP contribution in [0.15, 0.2) is 22.5 Å². The Morgan fingerprint density at radius 3 is 2.80 bits per heavy atom. The number of aromatic nitrogens is 2. The number of hydrogen-bond donors (Lipinski definition) is 1. The molecule has 0 fully saturated rings. The number of thioether (sulfide) groups is 1. The van der Waals surface area contributed by atoms with E-state index in [9.17, 15) is 4.79 Å². The fourth-order valence-corrected chi connectivity index (χ4v) is 3.93. The van der Waals surface area contributed by atoms with E-state index in [0.29, 0.717) is 10.9 Å². The number of carbonyl (C=O) groups excluding carboxylic acids is 1. The minimum Gasteiger partial charge on any atom is -0.374 e. The van der Waals surface area contributed by atoms with E-state index in [-0.39, 0.29) is 5.78 Å². The first-order chi connectivity index (χ1) is 9.72. The van der Waals surface area contributed by atoms with Crippen LogP contribution in [0.3, 0.4) is 0 Å². The Hall–Kier alpha value is -1.40. The van der Waals surface area contributed by atoms with Gasteiger partial charge in [-0.1, -0.05) is 35.2 Å². The molecule has 0 bridgehead atoms. The SMILES string of the molecule is Nc1nnc(SCC(=O)c2ccc3c(c2)CCCC3)s1. The molecule has 1 aliphatic rings. The van der Waals surface area contributed by atoms with Gasteiger partial charge < -0.3 is 5.73 Å². The Morgan fingerprint density at radius 2 is 2.05 bits per heavy atom. The number of Topliss-reactive ketones (excluding diaryl/α,β-unsaturated/α-hetero) is 1. The van der Waals surface area contributed by atoms with Crippen molar-refractivity contribution in [1.29, 1.82) is 0 Å². The molecular formula is C14H15N3OS2. The Kier molecular flexibility index (Phi) is 4.03. The van der Waals surface area contributed by atoms with E-state index in [4.69, 9.17) is 5.73 Å². The maximum absolute atomic E-state index is 12.2. The molecule has 104 valence electrons. The van der Waals surface area contributed by atoms with E-state index < -0.39 is 0 Å². The Balaban J connectivity index is 1.67. The van der Waals surface area contributed by atoms with Crippen molar-refractivity contribution in [2.75, 3.05) is 11.5 Å². The molecule has 0 radical (unpaired) electrons. The summed E-state index contributed by atoms with van der Waals surface area (Å²) in [7, 11) is 0. The predicted octanol–water partition coefficient (Wildman–Crippen LogP) is 2.97. The number of nitrogens with zero attached hydrogens (tertiary/aromatic N) is 2. The van der Waals surface area contributed by atoms with E-state index in [1.165, 1.54) is 47.1 Å². The summed E-state index contributed by atoms with van der Waals surface area (Å²) in [6.07, 6.45) is 4.72. The molecule has 3 rings (SSSR count). The fourth-order valence-electron chi connectivity index (χ4n) is 2.40. The molecule has 0 unspecified atom stereocenters. The molecular weight excluding hydrogens is 290 g/mol. The molecule has 0 amide bonds. The standard InChI is InChI=1S/C14H15N3OS2/c15-13-16-17-14(20-13)19-8-12(18)11-6-5-9-3-1-2-4-10(9)7-11/h5-7H,1-4,8H2,(H2,15,16). The first-order valence-corrected chi connectivity index (χ1v) is 8.39. The van der Waals surface area contributed by atoms with Crippen molar-refractivity contribution in [3.63, 3.8) is 0 Å². The molecule has 1 aliphatic carbocycles. The minimum absolute atomic E-state index is 0.136. The van der Waals surface area contributed by atoms with Crippen LogP contribution in [0.2, 0.25) is 0 Å². The lowest BCUT2D eigenvalue weighted by Crippen LogP contribution is -2.07. The molecule has 1 aromatic heterocycles. The van der Waals surface area contributed by atoms with Crippen molar-refractivity contribution in [2.45, 2.75) is 30.0 Å². The van der Waals surface area contributed by atoms with Crippen LogP contribution in [0.1, 0.15) is 34.3 Å². The van der Waals surface area contributed by atoms with Gasteiger partial charge in [-0.15, -0.1) is 10.2 Å². The van der Waals surface area contributed by atoms with Crippen LogP contribution in [0.25, 0.3) is 0 Å². The second kappa shape index (κ2) is 5.93. The Labute approximate surface area is 125 Å². The first-order valence-electron chi connectivity index (χ1n) is 6.59. The summed E-state index contributed by atoms with van der Waals surface area (Å²) in [5.41, 5.74) is 9.06. The number of aryl methyl sites for hydroxylation is 2. The number of ketones is 1. The number of fused-ring (bicyclic) bond motifs is 1. The number of hydrogen-bond acceptors (Lipinski definition) is 6. The topological polar surface area (TPSA) is 68.9 Å². The molecule has 0 saturated heterocycles. The molecule has 0 saturated carbocycles. The number of nitrogen functional groups attached to an aromatic ring is 1. The smallest absolute Gasteiger partial charge is 0.203 e. The van der Waals surface area contributed by atoms with Gasteiger partial charge in [0.1, 0.15) is 0 Å². The van der Waals surface area contributed by atoms with Crippen LogP contribution in [0.5, 0.6) is 0 Å². The maximum atomic E-state index is 12.2. The molecule has 0 atom stereocenters. The van der Waals surface area contributed by atoms with Crippen LogP contribution >= 0.6 is 23.1 Å². The largest absolute Gasteiger partial charge is 0.374 e. The van der Waals surface area contributed by atoms with E-state index in [1.54, 1.807) is 0 Å². The molecule has 1 heterocycles. The van der Waals surface area contributed by atoms with Crippen LogP contribution < -0.4 is 5.73 Å². The van der Waals surface area contributed by atoms with Crippen LogP contribution in [0.4, 0.5) is 5.13 Å². The molecule has 2 N–H and O–H groups in total. The van der Waals surface area contributed by atoms with Crippen molar-refractivity contribution in [3.8, 4) is 0 Å². The number of carbonyl (C=O) groups is 1. The monoisotopic (exact) mass is 305 g/mol. The third-order valence-corrected chi connectivity index (χ3v) is 5.31. The van der Waals surface area contributed by atoms with Gasteiger partial charge in [0, 0.05) is 5.56 Å². The lowest BCUT2D eigenvalue weighted by atomic mass is 9.90. The zero-order valence-electron chi connectivity index (χ0n) is 11.0. The normalized spacial score (nSPS) is 14.0. The van der Waals surface area contributed by atoms with Crippen LogP contribution in [-0.2, 0) is 12.8 Å². The van der Waals surface area contributed by atoms with E-state index in [0.717, 1.165) is 22.7 Å². The number of benzene rings is 1. The third kappa shape index (κ3) is 3.02. The summed E-state index contributed by atoms with van der Waals surface area (Å²) >= 11 is 2.71. The third-order valence-electron chi connectivity index (χ3n) is 3.42. The maximum Gasteiger partial charge on any atom is 0.203 e. The highest BCUT2D eigenvalue weighted by atomic mass is 32.2. The highest BCUT2D eigenvalue weighted by Gasteiger charge is 2.14. The summed E-state index contributed by atoms with van der Waals surface area (Å²) < 4.78 is 0.744. The van der Waals surface area contributed by atoms with Gasteiger partial charge in [-0.05, 0) is 42.9 Å². The number of rotatable bonds is 4. The lowest BCUT2D eigenvalue weighted by molar-refractivity contribution is 0.102. The second-order valence-electron chi connectivity index (χ2n) is 4.81. The quantitative estimate of drug-likeness (QED) is 0.694. The number of anilines is 1. The summed E-state index contributed by atoms with van der Waals surface area (Å²) in [6, 6.07) is 6.11. The average molecular weight is 305 g/mol. The van der Waals surface area contributed by atoms with E-state index in [2.05, 4.69) is 22.3 Å². The van der Waals surface area contributed by atoms with Gasteiger partial charge in [-0.3, -0.25) is 4.79 Å². The summed E-state index contributed by atoms with van der Waals surface area (Å²) in [5, 5.41) is 8.08. The molecule has 6 heteroatoms. The van der Waals surface area contributed by atoms with Crippen LogP contribution in [-0.4, -0.2) is 21.7 Å². The highest BCUT2D eigenvalue weighted by Crippen LogP contribution is 2.26. The summed E-state index contributed by atoms with van der Waals surface area (Å²) in [4.78, 5) is 12.2. The van der Waals surface area contributed by atoms with Crippen molar-refractivity contribution < 1.29 is 4.79 Å². The van der Waals surface area contributed by atoms with Gasteiger partial charge in [0.15, 0.2) is 10.1 Å². The van der Waals surface area contributed by atoms with E-state index in [1.807, 2.05) is 6.07 Å². The molecule has 20 heavy (non-hydrogen) atoms. The molecule has 4 nitrogen and oxygen atoms in total. The molecule has 0 spiro atoms. The molecule has 1 aromatic carbocycles. The van der Waals surface area contributed by atoms with Crippen molar-refractivity contribution in [3.05, 3.63) is 34.9 Å². The van der Waals surface area contributed by atoms with Crippen molar-refractivity contribution >= 4 is 34.0 Å². The zero-order valence-corrected chi connectivity index (χ0v) is 12.6. The summed E-state index contributed by atoms with van der Waals surface area (Å²) in [5.74, 6) is 0.519. The Bertz CT molecular complexity index is 639. The number of nitrogens with two attached hydrogens (primary N) is 1. The van der Waals surface area contributed by atoms with Gasteiger partial charge in [-0.2, -0.15) is 0 Å². The average Bonchev–Trinajstić information content (AvgIpc) is 2.90. The highest BCUT2D eigenvalue weighted by molar-refractivity contribution is 8.01. The molecule has 0 aliphatic heterocycles.